The van der Waals surface area contributed by atoms with Crippen molar-refractivity contribution >= 4 is 15.9 Å². The van der Waals surface area contributed by atoms with Crippen LogP contribution in [-0.4, -0.2) is 20.9 Å². The van der Waals surface area contributed by atoms with Crippen molar-refractivity contribution in [1.29, 1.82) is 0 Å². The minimum Gasteiger partial charge on any atom is -0.368 e. The Hall–Kier alpha value is -1.44. The number of nitrogens with one attached hydrogen (secondary N) is 1. The summed E-state index contributed by atoms with van der Waals surface area (Å²) >= 11 is 0. The van der Waals surface area contributed by atoms with Crippen LogP contribution in [0.25, 0.3) is 0 Å². The van der Waals surface area contributed by atoms with Gasteiger partial charge in [0.25, 0.3) is 10.0 Å². The molecule has 15 heavy (non-hydrogen) atoms. The molecule has 6 nitrogen and oxygen atoms in total. The lowest BCUT2D eigenvalue weighted by molar-refractivity contribution is -0.123. The minimum atomic E-state index is -3.74. The van der Waals surface area contributed by atoms with Gasteiger partial charge in [0, 0.05) is 0 Å². The number of sulfonamides is 1. The van der Waals surface area contributed by atoms with Crippen molar-refractivity contribution in [2.45, 2.75) is 4.90 Å². The highest BCUT2D eigenvalue weighted by atomic mass is 32.2. The fourth-order valence-corrected chi connectivity index (χ4v) is 1.65. The van der Waals surface area contributed by atoms with E-state index in [2.05, 4.69) is 4.84 Å². The second-order valence-electron chi connectivity index (χ2n) is 2.65. The second-order valence-corrected chi connectivity index (χ2v) is 4.30. The van der Waals surface area contributed by atoms with E-state index in [1.807, 2.05) is 0 Å². The summed E-state index contributed by atoms with van der Waals surface area (Å²) in [6, 6.07) is 7.63. The molecule has 0 spiro atoms. The molecule has 0 radical (unpaired) electrons. The molecule has 0 heterocycles. The summed E-state index contributed by atoms with van der Waals surface area (Å²) in [5, 5.41) is 0. The first-order valence-electron chi connectivity index (χ1n) is 3.99. The lowest BCUT2D eigenvalue weighted by Crippen LogP contribution is -2.29. The van der Waals surface area contributed by atoms with Gasteiger partial charge in [-0.2, -0.15) is 0 Å². The van der Waals surface area contributed by atoms with Crippen molar-refractivity contribution in [1.82, 2.24) is 4.89 Å². The maximum absolute atomic E-state index is 11.4. The van der Waals surface area contributed by atoms with Gasteiger partial charge in [-0.3, -0.25) is 9.63 Å². The van der Waals surface area contributed by atoms with E-state index in [1.54, 1.807) is 23.1 Å². The zero-order valence-corrected chi connectivity index (χ0v) is 8.53. The van der Waals surface area contributed by atoms with Crippen LogP contribution >= 0.6 is 0 Å². The fourth-order valence-electron chi connectivity index (χ4n) is 0.826. The second kappa shape index (κ2) is 4.87. The third-order valence-electron chi connectivity index (χ3n) is 1.44. The summed E-state index contributed by atoms with van der Waals surface area (Å²) in [5.74, 6) is -0.759. The average Bonchev–Trinajstić information content (AvgIpc) is 2.18. The molecule has 0 aliphatic rings. The lowest BCUT2D eigenvalue weighted by atomic mass is 10.4. The Kier molecular flexibility index (Phi) is 3.78. The maximum Gasteiger partial charge on any atom is 0.262 e. The Labute approximate surface area is 87.0 Å². The summed E-state index contributed by atoms with van der Waals surface area (Å²) in [6.07, 6.45) is 0. The molecule has 0 fully saturated rings. The summed E-state index contributed by atoms with van der Waals surface area (Å²) < 4.78 is 22.9. The molecule has 1 aromatic rings. The first-order valence-corrected chi connectivity index (χ1v) is 5.47. The summed E-state index contributed by atoms with van der Waals surface area (Å²) in [7, 11) is -3.74. The molecule has 0 aliphatic heterocycles. The van der Waals surface area contributed by atoms with Crippen LogP contribution in [0.2, 0.25) is 0 Å². The number of rotatable bonds is 5. The lowest BCUT2D eigenvalue weighted by Gasteiger charge is -2.04. The van der Waals surface area contributed by atoms with Crippen LogP contribution in [0.4, 0.5) is 0 Å². The van der Waals surface area contributed by atoms with E-state index in [9.17, 15) is 13.2 Å². The van der Waals surface area contributed by atoms with Crippen molar-refractivity contribution in [3.63, 3.8) is 0 Å². The van der Waals surface area contributed by atoms with Gasteiger partial charge in [0.15, 0.2) is 0 Å². The molecule has 7 heteroatoms. The van der Waals surface area contributed by atoms with Crippen LogP contribution < -0.4 is 10.6 Å². The molecule has 82 valence electrons. The number of benzene rings is 1. The number of carbonyl (C=O) groups excluding carboxylic acids is 1. The third kappa shape index (κ3) is 3.66. The molecule has 0 aromatic heterocycles. The van der Waals surface area contributed by atoms with E-state index in [0.717, 1.165) is 0 Å². The van der Waals surface area contributed by atoms with Crippen LogP contribution in [0, 0.1) is 0 Å². The zero-order chi connectivity index (χ0) is 11.3. The van der Waals surface area contributed by atoms with Crippen LogP contribution in [0.3, 0.4) is 0 Å². The number of amides is 1. The van der Waals surface area contributed by atoms with Gasteiger partial charge in [0.2, 0.25) is 5.91 Å². The third-order valence-corrected chi connectivity index (χ3v) is 2.67. The Morgan fingerprint density at radius 3 is 2.47 bits per heavy atom. The largest absolute Gasteiger partial charge is 0.368 e. The Morgan fingerprint density at radius 2 is 1.93 bits per heavy atom. The molecule has 1 rings (SSSR count). The van der Waals surface area contributed by atoms with E-state index >= 15 is 0 Å². The van der Waals surface area contributed by atoms with Gasteiger partial charge >= 0.3 is 0 Å². The van der Waals surface area contributed by atoms with Crippen molar-refractivity contribution in [3.05, 3.63) is 30.3 Å². The molecule has 0 saturated heterocycles. The van der Waals surface area contributed by atoms with Crippen LogP contribution in [0.5, 0.6) is 0 Å². The Balaban J connectivity index is 2.65. The molecule has 1 amide bonds. The number of hydrogen-bond donors (Lipinski definition) is 2. The van der Waals surface area contributed by atoms with Gasteiger partial charge < -0.3 is 5.73 Å². The van der Waals surface area contributed by atoms with Crippen LogP contribution in [-0.2, 0) is 19.7 Å². The SMILES string of the molecule is NC(=O)CONS(=O)(=O)c1ccccc1. The van der Waals surface area contributed by atoms with E-state index in [-0.39, 0.29) is 4.90 Å². The Morgan fingerprint density at radius 1 is 1.33 bits per heavy atom. The van der Waals surface area contributed by atoms with Gasteiger partial charge in [-0.05, 0) is 12.1 Å². The van der Waals surface area contributed by atoms with Gasteiger partial charge in [-0.25, -0.2) is 8.42 Å². The maximum atomic E-state index is 11.4. The molecular formula is C8H10N2O4S. The molecule has 0 atom stereocenters. The molecule has 0 saturated carbocycles. The molecule has 1 aromatic carbocycles. The number of nitrogens with two attached hydrogens (primary N) is 1. The smallest absolute Gasteiger partial charge is 0.262 e. The van der Waals surface area contributed by atoms with Crippen LogP contribution in [0.1, 0.15) is 0 Å². The summed E-state index contributed by atoms with van der Waals surface area (Å²) in [4.78, 5) is 16.5. The van der Waals surface area contributed by atoms with E-state index in [4.69, 9.17) is 5.73 Å². The van der Waals surface area contributed by atoms with E-state index < -0.39 is 22.5 Å². The standard InChI is InChI=1S/C8H10N2O4S/c9-8(11)6-14-10-15(12,13)7-4-2-1-3-5-7/h1-5,10H,6H2,(H2,9,11). The van der Waals surface area contributed by atoms with Gasteiger partial charge in [0.05, 0.1) is 4.90 Å². The molecular weight excluding hydrogens is 220 g/mol. The quantitative estimate of drug-likeness (QED) is 0.659. The first-order chi connectivity index (χ1) is 7.02. The van der Waals surface area contributed by atoms with Gasteiger partial charge in [0.1, 0.15) is 6.61 Å². The van der Waals surface area contributed by atoms with Crippen molar-refractivity contribution in [3.8, 4) is 0 Å². The summed E-state index contributed by atoms with van der Waals surface area (Å²) in [6.45, 7) is -0.508. The Bertz CT molecular complexity index is 429. The number of hydrogen-bond acceptors (Lipinski definition) is 4. The fraction of sp³-hybridized carbons (Fsp3) is 0.125. The molecule has 3 N–H and O–H groups in total. The predicted octanol–water partition coefficient (Wildman–Crippen LogP) is -0.618. The van der Waals surface area contributed by atoms with Crippen LogP contribution in [0.15, 0.2) is 35.2 Å². The van der Waals surface area contributed by atoms with Crippen molar-refractivity contribution < 1.29 is 18.0 Å². The van der Waals surface area contributed by atoms with E-state index in [0.29, 0.717) is 0 Å². The van der Waals surface area contributed by atoms with Crippen molar-refractivity contribution in [2.75, 3.05) is 6.61 Å². The number of primary amides is 1. The average molecular weight is 230 g/mol. The highest BCUT2D eigenvalue weighted by Gasteiger charge is 2.13. The normalized spacial score (nSPS) is 11.2. The van der Waals surface area contributed by atoms with Gasteiger partial charge in [-0.15, -0.1) is 0 Å². The monoisotopic (exact) mass is 230 g/mol. The highest BCUT2D eigenvalue weighted by Crippen LogP contribution is 2.06. The minimum absolute atomic E-state index is 0.0504. The molecule has 0 aliphatic carbocycles. The number of carbonyl (C=O) groups is 1. The molecule has 0 unspecified atom stereocenters. The topological polar surface area (TPSA) is 98.5 Å². The zero-order valence-electron chi connectivity index (χ0n) is 7.71. The predicted molar refractivity (Wildman–Crippen MR) is 51.9 cm³/mol. The highest BCUT2D eigenvalue weighted by molar-refractivity contribution is 7.89. The van der Waals surface area contributed by atoms with E-state index in [1.165, 1.54) is 12.1 Å². The first kappa shape index (κ1) is 11.6. The summed E-state index contributed by atoms with van der Waals surface area (Å²) in [5.41, 5.74) is 4.76. The van der Waals surface area contributed by atoms with Gasteiger partial charge in [-0.1, -0.05) is 23.1 Å². The van der Waals surface area contributed by atoms with Crippen molar-refractivity contribution in [2.24, 2.45) is 5.73 Å². The molecule has 0 bridgehead atoms.